The zero-order valence-corrected chi connectivity index (χ0v) is 24.7. The van der Waals surface area contributed by atoms with Crippen LogP contribution >= 0.6 is 0 Å². The van der Waals surface area contributed by atoms with E-state index in [0.717, 1.165) is 0 Å². The van der Waals surface area contributed by atoms with Gasteiger partial charge in [0.15, 0.2) is 5.78 Å². The molecule has 10 heteroatoms. The minimum atomic E-state index is -1.30. The third-order valence-electron chi connectivity index (χ3n) is 6.00. The molecule has 0 aliphatic carbocycles. The van der Waals surface area contributed by atoms with Crippen LogP contribution in [0.1, 0.15) is 63.0 Å². The highest BCUT2D eigenvalue weighted by atomic mass is 16.6. The first-order chi connectivity index (χ1) is 19.1. The quantitative estimate of drug-likeness (QED) is 0.286. The number of allylic oxidation sites excluding steroid dienone is 1. The molecule has 1 heterocycles. The average molecular weight is 567 g/mol. The van der Waals surface area contributed by atoms with Crippen LogP contribution in [0.5, 0.6) is 17.2 Å². The summed E-state index contributed by atoms with van der Waals surface area (Å²) in [6, 6.07) is 7.04. The maximum absolute atomic E-state index is 13.2. The number of aliphatic hydroxyl groups is 1. The van der Waals surface area contributed by atoms with Crippen molar-refractivity contribution in [3.63, 3.8) is 0 Å². The van der Waals surface area contributed by atoms with Crippen molar-refractivity contribution in [2.45, 2.75) is 64.9 Å². The van der Waals surface area contributed by atoms with Gasteiger partial charge in [0.1, 0.15) is 34.5 Å². The molecule has 41 heavy (non-hydrogen) atoms. The lowest BCUT2D eigenvalue weighted by Gasteiger charge is -2.29. The Balaban J connectivity index is 1.84. The molecule has 0 aromatic heterocycles. The molecule has 1 aliphatic heterocycles. The van der Waals surface area contributed by atoms with E-state index in [0.29, 0.717) is 33.9 Å². The number of aliphatic hydroxyl groups excluding tert-OH is 1. The van der Waals surface area contributed by atoms with E-state index in [9.17, 15) is 19.5 Å². The fraction of sp³-hybridized carbons (Fsp3) is 0.387. The van der Waals surface area contributed by atoms with Gasteiger partial charge in [-0.25, -0.2) is 4.79 Å². The van der Waals surface area contributed by atoms with Gasteiger partial charge in [-0.2, -0.15) is 0 Å². The number of rotatable bonds is 9. The lowest BCUT2D eigenvalue weighted by Crippen LogP contribution is -2.51. The van der Waals surface area contributed by atoms with Gasteiger partial charge in [0, 0.05) is 0 Å². The second-order valence-corrected chi connectivity index (χ2v) is 11.1. The number of benzene rings is 2. The first-order valence-electron chi connectivity index (χ1n) is 13.1. The number of methoxy groups -OCH3 is 2. The summed E-state index contributed by atoms with van der Waals surface area (Å²) in [6.07, 6.45) is 4.74. The standard InChI is InChI=1S/C31H38N2O8/c1-18(34)26(33-29(37)41-30(2,3)4)28(36)32-22-17-19(10-13-25(22)39-8)9-12-23(35)20-11-14-24(38-7)21-15-16-31(5,6)40-27(20)21/h9-18,26,34H,1-8H3,(H,32,36)(H,33,37). The van der Waals surface area contributed by atoms with Crippen LogP contribution in [-0.2, 0) is 9.53 Å². The van der Waals surface area contributed by atoms with Crippen molar-refractivity contribution >= 4 is 35.6 Å². The third kappa shape index (κ3) is 8.11. The predicted molar refractivity (Wildman–Crippen MR) is 157 cm³/mol. The summed E-state index contributed by atoms with van der Waals surface area (Å²) < 4.78 is 22.1. The van der Waals surface area contributed by atoms with Gasteiger partial charge >= 0.3 is 6.09 Å². The topological polar surface area (TPSA) is 132 Å². The van der Waals surface area contributed by atoms with Gasteiger partial charge in [-0.15, -0.1) is 0 Å². The van der Waals surface area contributed by atoms with Crippen molar-refractivity contribution in [1.82, 2.24) is 5.32 Å². The second kappa shape index (κ2) is 12.5. The summed E-state index contributed by atoms with van der Waals surface area (Å²) in [7, 11) is 3.00. The number of alkyl carbamates (subject to hydrolysis) is 1. The van der Waals surface area contributed by atoms with Crippen LogP contribution in [0.15, 0.2) is 42.5 Å². The van der Waals surface area contributed by atoms with Crippen molar-refractivity contribution in [2.75, 3.05) is 19.5 Å². The monoisotopic (exact) mass is 566 g/mol. The van der Waals surface area contributed by atoms with Gasteiger partial charge < -0.3 is 34.7 Å². The van der Waals surface area contributed by atoms with Crippen LogP contribution in [0.4, 0.5) is 10.5 Å². The van der Waals surface area contributed by atoms with Crippen LogP contribution in [0.3, 0.4) is 0 Å². The highest BCUT2D eigenvalue weighted by Crippen LogP contribution is 2.40. The van der Waals surface area contributed by atoms with Gasteiger partial charge in [0.25, 0.3) is 0 Å². The molecule has 2 atom stereocenters. The van der Waals surface area contributed by atoms with Gasteiger partial charge in [0.2, 0.25) is 5.91 Å². The average Bonchev–Trinajstić information content (AvgIpc) is 2.88. The molecule has 3 N–H and O–H groups in total. The van der Waals surface area contributed by atoms with E-state index in [1.54, 1.807) is 64.3 Å². The number of ketones is 1. The number of nitrogens with one attached hydrogen (secondary N) is 2. The fourth-order valence-corrected chi connectivity index (χ4v) is 4.04. The van der Waals surface area contributed by atoms with Gasteiger partial charge in [-0.05, 0) is 89.6 Å². The van der Waals surface area contributed by atoms with Gasteiger partial charge in [-0.3, -0.25) is 9.59 Å². The number of amides is 2. The van der Waals surface area contributed by atoms with Crippen LogP contribution in [-0.4, -0.2) is 60.5 Å². The Bertz CT molecular complexity index is 1370. The molecule has 2 aromatic carbocycles. The van der Waals surface area contributed by atoms with Crippen molar-refractivity contribution < 1.29 is 38.4 Å². The number of hydrogen-bond acceptors (Lipinski definition) is 8. The Labute approximate surface area is 240 Å². The van der Waals surface area contributed by atoms with Crippen LogP contribution < -0.4 is 24.8 Å². The molecule has 0 fully saturated rings. The Morgan fingerprint density at radius 2 is 1.71 bits per heavy atom. The third-order valence-corrected chi connectivity index (χ3v) is 6.00. The second-order valence-electron chi connectivity index (χ2n) is 11.1. The molecule has 3 rings (SSSR count). The SMILES string of the molecule is COc1ccc(C=CC(=O)c2ccc(OC)c3c2OC(C)(C)C=C3)cc1NC(=O)C(NC(=O)OC(C)(C)C)C(C)O. The Kier molecular flexibility index (Phi) is 9.49. The molecular formula is C31H38N2O8. The molecule has 0 radical (unpaired) electrons. The largest absolute Gasteiger partial charge is 0.496 e. The Morgan fingerprint density at radius 1 is 1.05 bits per heavy atom. The lowest BCUT2D eigenvalue weighted by molar-refractivity contribution is -0.120. The zero-order chi connectivity index (χ0) is 30.5. The highest BCUT2D eigenvalue weighted by molar-refractivity contribution is 6.09. The predicted octanol–water partition coefficient (Wildman–Crippen LogP) is 5.00. The van der Waals surface area contributed by atoms with Crippen LogP contribution in [0, 0.1) is 0 Å². The number of hydrogen-bond donors (Lipinski definition) is 3. The minimum absolute atomic E-state index is 0.279. The number of carbonyl (C=O) groups is 3. The fourth-order valence-electron chi connectivity index (χ4n) is 4.04. The summed E-state index contributed by atoms with van der Waals surface area (Å²) in [5, 5.41) is 15.2. The number of carbonyl (C=O) groups excluding carboxylic acids is 3. The molecular weight excluding hydrogens is 528 g/mol. The van der Waals surface area contributed by atoms with Crippen molar-refractivity contribution in [3.8, 4) is 17.2 Å². The van der Waals surface area contributed by atoms with Crippen LogP contribution in [0.25, 0.3) is 12.2 Å². The summed E-state index contributed by atoms with van der Waals surface area (Å²) in [6.45, 7) is 10.2. The van der Waals surface area contributed by atoms with Crippen molar-refractivity contribution in [3.05, 3.63) is 59.2 Å². The first-order valence-corrected chi connectivity index (χ1v) is 13.1. The molecule has 220 valence electrons. The Hall–Kier alpha value is -4.31. The molecule has 0 saturated carbocycles. The minimum Gasteiger partial charge on any atom is -0.496 e. The van der Waals surface area contributed by atoms with Gasteiger partial charge in [0.05, 0.1) is 37.1 Å². The highest BCUT2D eigenvalue weighted by Gasteiger charge is 2.29. The molecule has 10 nitrogen and oxygen atoms in total. The van der Waals surface area contributed by atoms with Crippen molar-refractivity contribution in [1.29, 1.82) is 0 Å². The van der Waals surface area contributed by atoms with Gasteiger partial charge in [-0.1, -0.05) is 12.1 Å². The van der Waals surface area contributed by atoms with E-state index in [-0.39, 0.29) is 11.5 Å². The van der Waals surface area contributed by atoms with E-state index in [2.05, 4.69) is 10.6 Å². The smallest absolute Gasteiger partial charge is 0.408 e. The van der Waals surface area contributed by atoms with E-state index < -0.39 is 35.3 Å². The normalized spacial score (nSPS) is 15.2. The molecule has 2 amide bonds. The summed E-state index contributed by atoms with van der Waals surface area (Å²) in [5.74, 6) is 0.413. The maximum atomic E-state index is 13.2. The molecule has 0 spiro atoms. The summed E-state index contributed by atoms with van der Waals surface area (Å²) in [5.41, 5.74) is 0.559. The summed E-state index contributed by atoms with van der Waals surface area (Å²) >= 11 is 0. The van der Waals surface area contributed by atoms with E-state index in [1.165, 1.54) is 20.1 Å². The van der Waals surface area contributed by atoms with E-state index in [1.807, 2.05) is 26.0 Å². The van der Waals surface area contributed by atoms with E-state index in [4.69, 9.17) is 18.9 Å². The maximum Gasteiger partial charge on any atom is 0.408 e. The van der Waals surface area contributed by atoms with E-state index >= 15 is 0 Å². The number of ether oxygens (including phenoxy) is 4. The molecule has 0 saturated heterocycles. The zero-order valence-electron chi connectivity index (χ0n) is 24.7. The first kappa shape index (κ1) is 31.2. The molecule has 2 unspecified atom stereocenters. The lowest BCUT2D eigenvalue weighted by atomic mass is 9.97. The van der Waals surface area contributed by atoms with Crippen LogP contribution in [0.2, 0.25) is 0 Å². The number of anilines is 1. The molecule has 0 bridgehead atoms. The molecule has 1 aliphatic rings. The summed E-state index contributed by atoms with van der Waals surface area (Å²) in [4.78, 5) is 38.5. The van der Waals surface area contributed by atoms with Crippen molar-refractivity contribution in [2.24, 2.45) is 0 Å². The molecule has 2 aromatic rings. The number of fused-ring (bicyclic) bond motifs is 1. The Morgan fingerprint density at radius 3 is 2.32 bits per heavy atom.